The van der Waals surface area contributed by atoms with Crippen molar-refractivity contribution in [1.29, 1.82) is 0 Å². The topological polar surface area (TPSA) is 77.0 Å². The molecule has 3 aromatic rings. The van der Waals surface area contributed by atoms with Crippen LogP contribution in [0.15, 0.2) is 60.0 Å². The highest BCUT2D eigenvalue weighted by Gasteiger charge is 2.08. The van der Waals surface area contributed by atoms with Gasteiger partial charge in [0.15, 0.2) is 5.16 Å². The first-order valence-electron chi connectivity index (χ1n) is 7.53. The van der Waals surface area contributed by atoms with Gasteiger partial charge in [-0.3, -0.25) is 4.98 Å². The monoisotopic (exact) mass is 352 g/mol. The number of pyridine rings is 1. The number of thioether (sulfide) groups is 1. The normalized spacial score (nSPS) is 10.3. The summed E-state index contributed by atoms with van der Waals surface area (Å²) in [5, 5.41) is 3.93. The largest absolute Gasteiger partial charge is 0.423 e. The molecule has 0 radical (unpaired) electrons. The van der Waals surface area contributed by atoms with Crippen LogP contribution in [-0.2, 0) is 0 Å². The van der Waals surface area contributed by atoms with E-state index in [4.69, 9.17) is 4.74 Å². The van der Waals surface area contributed by atoms with Gasteiger partial charge in [0.2, 0.25) is 0 Å². The van der Waals surface area contributed by atoms with E-state index in [1.165, 1.54) is 11.8 Å². The molecule has 2 heterocycles. The summed E-state index contributed by atoms with van der Waals surface area (Å²) in [5.74, 6) is 0.772. The number of hydrogen-bond donors (Lipinski definition) is 1. The summed E-state index contributed by atoms with van der Waals surface area (Å²) in [5.41, 5.74) is 2.19. The van der Waals surface area contributed by atoms with E-state index < -0.39 is 5.97 Å². The molecule has 0 spiro atoms. The second-order valence-corrected chi connectivity index (χ2v) is 5.93. The van der Waals surface area contributed by atoms with Crippen LogP contribution in [0, 0.1) is 6.92 Å². The number of benzene rings is 1. The first kappa shape index (κ1) is 16.9. The second kappa shape index (κ2) is 7.76. The van der Waals surface area contributed by atoms with Crippen molar-refractivity contribution >= 4 is 29.2 Å². The zero-order valence-corrected chi connectivity index (χ0v) is 14.6. The molecule has 1 aromatic carbocycles. The van der Waals surface area contributed by atoms with Gasteiger partial charge in [-0.25, -0.2) is 14.8 Å². The summed E-state index contributed by atoms with van der Waals surface area (Å²) in [7, 11) is 0. The summed E-state index contributed by atoms with van der Waals surface area (Å²) < 4.78 is 5.34. The zero-order chi connectivity index (χ0) is 17.6. The molecule has 0 saturated carbocycles. The summed E-state index contributed by atoms with van der Waals surface area (Å²) in [6, 6.07) is 12.2. The number of carbonyl (C=O) groups is 1. The molecule has 0 aliphatic heterocycles. The molecular weight excluding hydrogens is 336 g/mol. The molecule has 0 bridgehead atoms. The number of ether oxygens (including phenoxy) is 1. The maximum atomic E-state index is 12.0. The maximum Gasteiger partial charge on any atom is 0.343 e. The van der Waals surface area contributed by atoms with E-state index in [2.05, 4.69) is 20.3 Å². The Hall–Kier alpha value is -2.93. The van der Waals surface area contributed by atoms with E-state index >= 15 is 0 Å². The van der Waals surface area contributed by atoms with Crippen molar-refractivity contribution < 1.29 is 9.53 Å². The summed E-state index contributed by atoms with van der Waals surface area (Å²) in [6.45, 7) is 1.92. The average molecular weight is 352 g/mol. The Morgan fingerprint density at radius 2 is 1.80 bits per heavy atom. The SMILES string of the molecule is CSc1nc(C)cc(Nc2ccc(OC(=O)c3ccncc3)cc2)n1. The Morgan fingerprint density at radius 3 is 2.48 bits per heavy atom. The fourth-order valence-electron chi connectivity index (χ4n) is 2.10. The van der Waals surface area contributed by atoms with Crippen LogP contribution in [-0.4, -0.2) is 27.2 Å². The molecule has 6 nitrogen and oxygen atoms in total. The van der Waals surface area contributed by atoms with Crippen molar-refractivity contribution in [2.75, 3.05) is 11.6 Å². The number of nitrogens with one attached hydrogen (secondary N) is 1. The number of anilines is 2. The lowest BCUT2D eigenvalue weighted by Crippen LogP contribution is -2.08. The minimum Gasteiger partial charge on any atom is -0.423 e. The van der Waals surface area contributed by atoms with Gasteiger partial charge in [-0.15, -0.1) is 0 Å². The van der Waals surface area contributed by atoms with Crippen LogP contribution in [0.2, 0.25) is 0 Å². The van der Waals surface area contributed by atoms with Crippen molar-refractivity contribution in [3.63, 3.8) is 0 Å². The average Bonchev–Trinajstić information content (AvgIpc) is 2.63. The number of aryl methyl sites for hydroxylation is 1. The molecule has 126 valence electrons. The van der Waals surface area contributed by atoms with Crippen LogP contribution < -0.4 is 10.1 Å². The Labute approximate surface area is 149 Å². The van der Waals surface area contributed by atoms with Crippen LogP contribution >= 0.6 is 11.8 Å². The molecule has 0 unspecified atom stereocenters. The van der Waals surface area contributed by atoms with Gasteiger partial charge in [-0.05, 0) is 49.6 Å². The highest BCUT2D eigenvalue weighted by Crippen LogP contribution is 2.21. The molecule has 2 aromatic heterocycles. The van der Waals surface area contributed by atoms with Gasteiger partial charge in [0, 0.05) is 29.8 Å². The third-order valence-corrected chi connectivity index (χ3v) is 3.82. The van der Waals surface area contributed by atoms with Crippen LogP contribution in [0.5, 0.6) is 5.75 Å². The van der Waals surface area contributed by atoms with Crippen molar-refractivity contribution in [1.82, 2.24) is 15.0 Å². The molecule has 0 amide bonds. The molecule has 0 aliphatic rings. The quantitative estimate of drug-likeness (QED) is 0.323. The highest BCUT2D eigenvalue weighted by molar-refractivity contribution is 7.98. The predicted octanol–water partition coefficient (Wildman–Crippen LogP) is 3.86. The minimum atomic E-state index is -0.417. The zero-order valence-electron chi connectivity index (χ0n) is 13.8. The Kier molecular flexibility index (Phi) is 5.25. The van der Waals surface area contributed by atoms with Gasteiger partial charge in [0.1, 0.15) is 11.6 Å². The van der Waals surface area contributed by atoms with Crippen molar-refractivity contribution in [2.24, 2.45) is 0 Å². The Morgan fingerprint density at radius 1 is 1.08 bits per heavy atom. The fraction of sp³-hybridized carbons (Fsp3) is 0.111. The van der Waals surface area contributed by atoms with Gasteiger partial charge in [-0.1, -0.05) is 11.8 Å². The third kappa shape index (κ3) is 4.54. The van der Waals surface area contributed by atoms with E-state index in [9.17, 15) is 4.79 Å². The van der Waals surface area contributed by atoms with Gasteiger partial charge in [0.05, 0.1) is 5.56 Å². The summed E-state index contributed by atoms with van der Waals surface area (Å²) >= 11 is 1.49. The molecule has 0 aliphatic carbocycles. The molecule has 7 heteroatoms. The first-order chi connectivity index (χ1) is 12.1. The number of rotatable bonds is 5. The van der Waals surface area contributed by atoms with Gasteiger partial charge in [-0.2, -0.15) is 0 Å². The van der Waals surface area contributed by atoms with E-state index in [1.54, 1.807) is 36.7 Å². The van der Waals surface area contributed by atoms with Crippen LogP contribution in [0.25, 0.3) is 0 Å². The molecule has 1 N–H and O–H groups in total. The highest BCUT2D eigenvalue weighted by atomic mass is 32.2. The Balaban J connectivity index is 1.68. The van der Waals surface area contributed by atoms with Crippen LogP contribution in [0.3, 0.4) is 0 Å². The molecule has 25 heavy (non-hydrogen) atoms. The number of aromatic nitrogens is 3. The number of carbonyl (C=O) groups excluding carboxylic acids is 1. The fourth-order valence-corrected chi connectivity index (χ4v) is 2.53. The van der Waals surface area contributed by atoms with Crippen molar-refractivity contribution in [2.45, 2.75) is 12.1 Å². The maximum absolute atomic E-state index is 12.0. The molecule has 3 rings (SSSR count). The molecule has 0 saturated heterocycles. The summed E-state index contributed by atoms with van der Waals surface area (Å²) in [6.07, 6.45) is 5.04. The van der Waals surface area contributed by atoms with E-state index in [0.717, 1.165) is 17.2 Å². The standard InChI is InChI=1S/C18H16N4O2S/c1-12-11-16(22-18(20-12)25-2)21-14-3-5-15(6-4-14)24-17(23)13-7-9-19-10-8-13/h3-11H,1-2H3,(H,20,21,22). The lowest BCUT2D eigenvalue weighted by Gasteiger charge is -2.09. The smallest absolute Gasteiger partial charge is 0.343 e. The Bertz CT molecular complexity index is 870. The van der Waals surface area contributed by atoms with Crippen molar-refractivity contribution in [3.05, 3.63) is 66.1 Å². The summed E-state index contributed by atoms with van der Waals surface area (Å²) in [4.78, 5) is 24.6. The number of esters is 1. The lowest BCUT2D eigenvalue weighted by molar-refractivity contribution is 0.0734. The lowest BCUT2D eigenvalue weighted by atomic mass is 10.2. The second-order valence-electron chi connectivity index (χ2n) is 5.16. The van der Waals surface area contributed by atoms with Gasteiger partial charge < -0.3 is 10.1 Å². The van der Waals surface area contributed by atoms with Gasteiger partial charge in [0.25, 0.3) is 0 Å². The van der Waals surface area contributed by atoms with Crippen molar-refractivity contribution in [3.8, 4) is 5.75 Å². The molecular formula is C18H16N4O2S. The first-order valence-corrected chi connectivity index (χ1v) is 8.75. The van der Waals surface area contributed by atoms with Crippen LogP contribution in [0.4, 0.5) is 11.5 Å². The minimum absolute atomic E-state index is 0.417. The number of hydrogen-bond acceptors (Lipinski definition) is 7. The predicted molar refractivity (Wildman–Crippen MR) is 97.5 cm³/mol. The molecule has 0 atom stereocenters. The third-order valence-electron chi connectivity index (χ3n) is 3.27. The van der Waals surface area contributed by atoms with Crippen LogP contribution in [0.1, 0.15) is 16.1 Å². The van der Waals surface area contributed by atoms with E-state index in [1.807, 2.05) is 31.4 Å². The van der Waals surface area contributed by atoms with E-state index in [-0.39, 0.29) is 0 Å². The van der Waals surface area contributed by atoms with E-state index in [0.29, 0.717) is 16.5 Å². The molecule has 0 fully saturated rings. The van der Waals surface area contributed by atoms with Gasteiger partial charge >= 0.3 is 5.97 Å². The number of nitrogens with zero attached hydrogens (tertiary/aromatic N) is 3.